The van der Waals surface area contributed by atoms with Crippen molar-refractivity contribution in [3.8, 4) is 0 Å². The van der Waals surface area contributed by atoms with Crippen LogP contribution in [0, 0.1) is 0 Å². The quantitative estimate of drug-likeness (QED) is 0.144. The third-order valence-corrected chi connectivity index (χ3v) is 8.64. The standard InChI is InChI=1S/C23H50O3Si/c1-6-8-9-10-11-12-13-14-15-16-17-18-19-20-21-23(3)26-27(24-4,25-5)22-7-2/h23H,6-22H2,1-5H3. The Hall–Kier alpha value is 0.0969. The Morgan fingerprint density at radius 3 is 1.37 bits per heavy atom. The predicted octanol–water partition coefficient (Wildman–Crippen LogP) is 7.90. The number of hydrogen-bond acceptors (Lipinski definition) is 3. The summed E-state index contributed by atoms with van der Waals surface area (Å²) < 4.78 is 17.4. The number of hydrogen-bond donors (Lipinski definition) is 0. The normalized spacial score (nSPS) is 13.2. The first kappa shape index (κ1) is 27.1. The second kappa shape index (κ2) is 19.4. The molecule has 0 aromatic carbocycles. The molecule has 0 heterocycles. The molecule has 0 aliphatic heterocycles. The molecule has 0 aliphatic carbocycles. The summed E-state index contributed by atoms with van der Waals surface area (Å²) in [5, 5.41) is 0. The van der Waals surface area contributed by atoms with Crippen molar-refractivity contribution in [2.45, 2.75) is 136 Å². The summed E-state index contributed by atoms with van der Waals surface area (Å²) in [6.07, 6.45) is 22.1. The summed E-state index contributed by atoms with van der Waals surface area (Å²) in [7, 11) is 1.04. The Morgan fingerprint density at radius 1 is 0.593 bits per heavy atom. The van der Waals surface area contributed by atoms with Crippen molar-refractivity contribution in [2.24, 2.45) is 0 Å². The van der Waals surface area contributed by atoms with Gasteiger partial charge in [0.25, 0.3) is 0 Å². The highest BCUT2D eigenvalue weighted by atomic mass is 28.4. The van der Waals surface area contributed by atoms with Crippen LogP contribution in [0.1, 0.15) is 124 Å². The Labute approximate surface area is 172 Å². The van der Waals surface area contributed by atoms with Crippen LogP contribution in [0.4, 0.5) is 0 Å². The van der Waals surface area contributed by atoms with Crippen LogP contribution in [0.3, 0.4) is 0 Å². The van der Waals surface area contributed by atoms with E-state index in [1.165, 1.54) is 89.9 Å². The van der Waals surface area contributed by atoms with Gasteiger partial charge >= 0.3 is 8.80 Å². The summed E-state index contributed by atoms with van der Waals surface area (Å²) in [6, 6.07) is 0.906. The monoisotopic (exact) mass is 402 g/mol. The molecule has 1 unspecified atom stereocenters. The van der Waals surface area contributed by atoms with E-state index < -0.39 is 8.80 Å². The Morgan fingerprint density at radius 2 is 1.00 bits per heavy atom. The molecule has 0 spiro atoms. The largest absolute Gasteiger partial charge is 0.500 e. The summed E-state index contributed by atoms with van der Waals surface area (Å²) in [5.41, 5.74) is 0. The van der Waals surface area contributed by atoms with E-state index in [9.17, 15) is 0 Å². The SMILES string of the molecule is CCCCCCCCCCCCCCCCC(C)O[Si](CCC)(OC)OC. The van der Waals surface area contributed by atoms with Crippen molar-refractivity contribution >= 4 is 8.80 Å². The first-order chi connectivity index (χ1) is 13.1. The third-order valence-electron chi connectivity index (χ3n) is 5.52. The van der Waals surface area contributed by atoms with Gasteiger partial charge in [-0.25, -0.2) is 0 Å². The van der Waals surface area contributed by atoms with Crippen LogP contribution in [0.2, 0.25) is 6.04 Å². The molecule has 0 saturated carbocycles. The van der Waals surface area contributed by atoms with E-state index in [4.69, 9.17) is 13.3 Å². The Kier molecular flexibility index (Phi) is 19.5. The molecule has 0 N–H and O–H groups in total. The van der Waals surface area contributed by atoms with Crippen molar-refractivity contribution in [1.29, 1.82) is 0 Å². The van der Waals surface area contributed by atoms with E-state index in [1.807, 2.05) is 0 Å². The Bertz CT molecular complexity index is 295. The minimum absolute atomic E-state index is 0.237. The van der Waals surface area contributed by atoms with Crippen LogP contribution in [-0.4, -0.2) is 29.1 Å². The average Bonchev–Trinajstić information content (AvgIpc) is 2.67. The van der Waals surface area contributed by atoms with Crippen molar-refractivity contribution in [3.05, 3.63) is 0 Å². The maximum atomic E-state index is 6.18. The van der Waals surface area contributed by atoms with Gasteiger partial charge in [0.1, 0.15) is 0 Å². The fourth-order valence-electron chi connectivity index (χ4n) is 3.74. The lowest BCUT2D eigenvalue weighted by Gasteiger charge is -2.29. The second-order valence-electron chi connectivity index (χ2n) is 8.15. The van der Waals surface area contributed by atoms with Gasteiger partial charge in [-0.05, 0) is 13.3 Å². The maximum Gasteiger partial charge on any atom is 0.500 e. The van der Waals surface area contributed by atoms with Gasteiger partial charge in [0.15, 0.2) is 0 Å². The highest BCUT2D eigenvalue weighted by molar-refractivity contribution is 6.60. The molecule has 0 aromatic rings. The van der Waals surface area contributed by atoms with Gasteiger partial charge in [0, 0.05) is 26.4 Å². The van der Waals surface area contributed by atoms with E-state index in [-0.39, 0.29) is 6.10 Å². The molecule has 0 bridgehead atoms. The van der Waals surface area contributed by atoms with E-state index in [2.05, 4.69) is 20.8 Å². The first-order valence-electron chi connectivity index (χ1n) is 11.9. The van der Waals surface area contributed by atoms with Crippen molar-refractivity contribution in [2.75, 3.05) is 14.2 Å². The molecule has 0 fully saturated rings. The van der Waals surface area contributed by atoms with E-state index >= 15 is 0 Å². The van der Waals surface area contributed by atoms with Crippen LogP contribution in [0.25, 0.3) is 0 Å². The van der Waals surface area contributed by atoms with Crippen molar-refractivity contribution in [3.63, 3.8) is 0 Å². The van der Waals surface area contributed by atoms with Gasteiger partial charge in [-0.2, -0.15) is 0 Å². The van der Waals surface area contributed by atoms with Crippen LogP contribution in [-0.2, 0) is 13.3 Å². The molecule has 0 saturated heterocycles. The smallest absolute Gasteiger partial charge is 0.377 e. The van der Waals surface area contributed by atoms with Crippen molar-refractivity contribution < 1.29 is 13.3 Å². The highest BCUT2D eigenvalue weighted by Gasteiger charge is 2.39. The predicted molar refractivity (Wildman–Crippen MR) is 120 cm³/mol. The van der Waals surface area contributed by atoms with E-state index in [0.29, 0.717) is 0 Å². The van der Waals surface area contributed by atoms with Gasteiger partial charge in [-0.15, -0.1) is 0 Å². The lowest BCUT2D eigenvalue weighted by atomic mass is 10.0. The summed E-state index contributed by atoms with van der Waals surface area (Å²) in [4.78, 5) is 0. The van der Waals surface area contributed by atoms with E-state index in [0.717, 1.165) is 18.9 Å². The zero-order valence-electron chi connectivity index (χ0n) is 19.3. The zero-order chi connectivity index (χ0) is 20.2. The molecule has 0 amide bonds. The zero-order valence-corrected chi connectivity index (χ0v) is 20.3. The molecule has 164 valence electrons. The molecular weight excluding hydrogens is 352 g/mol. The van der Waals surface area contributed by atoms with Crippen LogP contribution >= 0.6 is 0 Å². The highest BCUT2D eigenvalue weighted by Crippen LogP contribution is 2.21. The van der Waals surface area contributed by atoms with E-state index in [1.54, 1.807) is 14.2 Å². The fourth-order valence-corrected chi connectivity index (χ4v) is 5.97. The molecule has 1 atom stereocenters. The summed E-state index contributed by atoms with van der Waals surface area (Å²) in [6.45, 7) is 6.61. The summed E-state index contributed by atoms with van der Waals surface area (Å²) >= 11 is 0. The lowest BCUT2D eigenvalue weighted by Crippen LogP contribution is -2.46. The van der Waals surface area contributed by atoms with Gasteiger partial charge < -0.3 is 13.3 Å². The fraction of sp³-hybridized carbons (Fsp3) is 1.00. The number of rotatable bonds is 21. The molecular formula is C23H50O3Si. The molecule has 27 heavy (non-hydrogen) atoms. The molecule has 4 heteroatoms. The molecule has 3 nitrogen and oxygen atoms in total. The van der Waals surface area contributed by atoms with Crippen molar-refractivity contribution in [1.82, 2.24) is 0 Å². The molecule has 0 rings (SSSR count). The van der Waals surface area contributed by atoms with Crippen LogP contribution < -0.4 is 0 Å². The summed E-state index contributed by atoms with van der Waals surface area (Å²) in [5.74, 6) is 0. The number of unbranched alkanes of at least 4 members (excludes halogenated alkanes) is 13. The Balaban J connectivity index is 3.45. The molecule has 0 aliphatic rings. The van der Waals surface area contributed by atoms with Gasteiger partial charge in [0.2, 0.25) is 0 Å². The van der Waals surface area contributed by atoms with Gasteiger partial charge in [-0.1, -0.05) is 110 Å². The third kappa shape index (κ3) is 15.7. The molecule has 0 radical (unpaired) electrons. The maximum absolute atomic E-state index is 6.18. The lowest BCUT2D eigenvalue weighted by molar-refractivity contribution is 0.0578. The van der Waals surface area contributed by atoms with Gasteiger partial charge in [-0.3, -0.25) is 0 Å². The minimum Gasteiger partial charge on any atom is -0.377 e. The topological polar surface area (TPSA) is 27.7 Å². The van der Waals surface area contributed by atoms with Crippen LogP contribution in [0.15, 0.2) is 0 Å². The van der Waals surface area contributed by atoms with Gasteiger partial charge in [0.05, 0.1) is 0 Å². The average molecular weight is 403 g/mol. The second-order valence-corrected chi connectivity index (χ2v) is 11.1. The minimum atomic E-state index is -2.41. The van der Waals surface area contributed by atoms with Crippen LogP contribution in [0.5, 0.6) is 0 Å². The first-order valence-corrected chi connectivity index (χ1v) is 13.8. The molecule has 0 aromatic heterocycles.